The van der Waals surface area contributed by atoms with Gasteiger partial charge < -0.3 is 9.47 Å². The van der Waals surface area contributed by atoms with Crippen LogP contribution in [0.4, 0.5) is 0 Å². The zero-order valence-corrected chi connectivity index (χ0v) is 16.5. The second kappa shape index (κ2) is 9.32. The number of hydrogen-bond acceptors (Lipinski definition) is 4. The van der Waals surface area contributed by atoms with Crippen LogP contribution < -0.4 is 5.56 Å². The van der Waals surface area contributed by atoms with Gasteiger partial charge in [0.1, 0.15) is 11.4 Å². The number of sulfonamides is 1. The first-order valence-electron chi connectivity index (χ1n) is 9.31. The molecule has 0 aliphatic carbocycles. The van der Waals surface area contributed by atoms with Crippen LogP contribution in [0.2, 0.25) is 0 Å². The number of carbonyl (C=O) groups excluding carboxylic acids is 1. The van der Waals surface area contributed by atoms with E-state index in [0.29, 0.717) is 19.6 Å². The molecule has 1 fully saturated rings. The molecule has 0 saturated carbocycles. The first-order chi connectivity index (χ1) is 12.4. The van der Waals surface area contributed by atoms with E-state index in [1.807, 2.05) is 6.92 Å². The predicted molar refractivity (Wildman–Crippen MR) is 100 cm³/mol. The fourth-order valence-corrected chi connectivity index (χ4v) is 4.65. The summed E-state index contributed by atoms with van der Waals surface area (Å²) in [5.74, 6) is -0.204. The third kappa shape index (κ3) is 4.94. The number of pyridine rings is 1. The van der Waals surface area contributed by atoms with Gasteiger partial charge in [0, 0.05) is 32.9 Å². The highest BCUT2D eigenvalue weighted by molar-refractivity contribution is 7.89. The van der Waals surface area contributed by atoms with E-state index < -0.39 is 15.6 Å². The highest BCUT2D eigenvalue weighted by Crippen LogP contribution is 2.17. The maximum atomic E-state index is 12.9. The summed E-state index contributed by atoms with van der Waals surface area (Å²) in [6.07, 6.45) is 6.95. The topological polar surface area (TPSA) is 79.7 Å². The fraction of sp³-hybridized carbons (Fsp3) is 0.667. The molecule has 0 aromatic carbocycles. The maximum Gasteiger partial charge on any atom is 0.271 e. The zero-order chi connectivity index (χ0) is 19.2. The molecule has 1 saturated heterocycles. The van der Waals surface area contributed by atoms with Crippen molar-refractivity contribution in [1.29, 1.82) is 0 Å². The molecule has 1 aromatic heterocycles. The summed E-state index contributed by atoms with van der Waals surface area (Å²) < 4.78 is 28.4. The Labute approximate surface area is 155 Å². The van der Waals surface area contributed by atoms with Crippen molar-refractivity contribution in [1.82, 2.24) is 13.8 Å². The standard InChI is InChI=1S/C18H29N3O4S/c1-3-4-11-19(2)17(22)15-20-12-9-10-16(18(20)23)26(24,25)21-13-7-5-6-8-14-21/h9-10,12H,3-8,11,13-15H2,1-2H3. The average Bonchev–Trinajstić information content (AvgIpc) is 2.91. The number of unbranched alkanes of at least 4 members (excludes halogenated alkanes) is 1. The van der Waals surface area contributed by atoms with Crippen molar-refractivity contribution in [3.05, 3.63) is 28.7 Å². The average molecular weight is 384 g/mol. The summed E-state index contributed by atoms with van der Waals surface area (Å²) in [7, 11) is -2.14. The SMILES string of the molecule is CCCCN(C)C(=O)Cn1cccc(S(=O)(=O)N2CCCCCC2)c1=O. The van der Waals surface area contributed by atoms with Crippen LogP contribution in [0.25, 0.3) is 0 Å². The van der Waals surface area contributed by atoms with Gasteiger partial charge in [-0.3, -0.25) is 9.59 Å². The minimum absolute atomic E-state index is 0.150. The minimum Gasteiger partial charge on any atom is -0.344 e. The molecule has 0 bridgehead atoms. The number of carbonyl (C=O) groups is 1. The Morgan fingerprint density at radius 3 is 2.46 bits per heavy atom. The highest BCUT2D eigenvalue weighted by atomic mass is 32.2. The number of likely N-dealkylation sites (N-methyl/N-ethyl adjacent to an activating group) is 1. The summed E-state index contributed by atoms with van der Waals surface area (Å²) in [4.78, 5) is 26.3. The van der Waals surface area contributed by atoms with Gasteiger partial charge in [0.15, 0.2) is 0 Å². The smallest absolute Gasteiger partial charge is 0.271 e. The number of hydrogen-bond donors (Lipinski definition) is 0. The summed E-state index contributed by atoms with van der Waals surface area (Å²) >= 11 is 0. The Bertz CT molecular complexity index is 765. The van der Waals surface area contributed by atoms with E-state index in [2.05, 4.69) is 0 Å². The van der Waals surface area contributed by atoms with E-state index >= 15 is 0 Å². The van der Waals surface area contributed by atoms with E-state index in [1.165, 1.54) is 27.2 Å². The van der Waals surface area contributed by atoms with Gasteiger partial charge in [0.05, 0.1) is 0 Å². The maximum absolute atomic E-state index is 12.9. The summed E-state index contributed by atoms with van der Waals surface area (Å²) in [5.41, 5.74) is -0.631. The predicted octanol–water partition coefficient (Wildman–Crippen LogP) is 1.67. The van der Waals surface area contributed by atoms with Crippen molar-refractivity contribution < 1.29 is 13.2 Å². The number of amides is 1. The molecule has 8 heteroatoms. The van der Waals surface area contributed by atoms with Crippen LogP contribution in [0.15, 0.2) is 28.0 Å². The Morgan fingerprint density at radius 1 is 1.19 bits per heavy atom. The van der Waals surface area contributed by atoms with Gasteiger partial charge in [-0.2, -0.15) is 4.31 Å². The zero-order valence-electron chi connectivity index (χ0n) is 15.7. The van der Waals surface area contributed by atoms with Gasteiger partial charge in [-0.05, 0) is 31.4 Å². The largest absolute Gasteiger partial charge is 0.344 e. The van der Waals surface area contributed by atoms with Crippen molar-refractivity contribution in [3.63, 3.8) is 0 Å². The van der Waals surface area contributed by atoms with E-state index in [1.54, 1.807) is 11.9 Å². The van der Waals surface area contributed by atoms with Gasteiger partial charge in [-0.25, -0.2) is 8.42 Å². The molecule has 0 unspecified atom stereocenters. The molecule has 0 N–H and O–H groups in total. The van der Waals surface area contributed by atoms with Gasteiger partial charge in [0.2, 0.25) is 15.9 Å². The van der Waals surface area contributed by atoms with Crippen LogP contribution >= 0.6 is 0 Å². The lowest BCUT2D eigenvalue weighted by Crippen LogP contribution is -2.39. The Balaban J connectivity index is 2.23. The van der Waals surface area contributed by atoms with Crippen LogP contribution in [0.5, 0.6) is 0 Å². The molecule has 7 nitrogen and oxygen atoms in total. The van der Waals surface area contributed by atoms with Crippen LogP contribution in [0.1, 0.15) is 45.4 Å². The minimum atomic E-state index is -3.83. The molecule has 1 aromatic rings. The molecule has 0 radical (unpaired) electrons. The molecule has 0 spiro atoms. The molecular weight excluding hydrogens is 354 g/mol. The first kappa shape index (κ1) is 20.6. The molecule has 1 aliphatic heterocycles. The third-order valence-corrected chi connectivity index (χ3v) is 6.66. The van der Waals surface area contributed by atoms with Gasteiger partial charge in [-0.1, -0.05) is 26.2 Å². The molecule has 1 amide bonds. The lowest BCUT2D eigenvalue weighted by atomic mass is 10.2. The van der Waals surface area contributed by atoms with E-state index in [0.717, 1.165) is 38.5 Å². The third-order valence-electron chi connectivity index (χ3n) is 4.75. The molecule has 1 aliphatic rings. The number of rotatable bonds is 7. The van der Waals surface area contributed by atoms with Crippen molar-refractivity contribution in [2.45, 2.75) is 56.9 Å². The second-order valence-electron chi connectivity index (χ2n) is 6.79. The lowest BCUT2D eigenvalue weighted by Gasteiger charge is -2.20. The van der Waals surface area contributed by atoms with Crippen molar-refractivity contribution in [2.75, 3.05) is 26.7 Å². The van der Waals surface area contributed by atoms with Crippen LogP contribution in [0.3, 0.4) is 0 Å². The van der Waals surface area contributed by atoms with E-state index in [4.69, 9.17) is 0 Å². The fourth-order valence-electron chi connectivity index (χ4n) is 3.04. The number of aromatic nitrogens is 1. The molecule has 26 heavy (non-hydrogen) atoms. The monoisotopic (exact) mass is 383 g/mol. The lowest BCUT2D eigenvalue weighted by molar-refractivity contribution is -0.130. The van der Waals surface area contributed by atoms with Crippen LogP contribution in [-0.2, 0) is 21.4 Å². The van der Waals surface area contributed by atoms with Gasteiger partial charge in [0.25, 0.3) is 5.56 Å². The van der Waals surface area contributed by atoms with Gasteiger partial charge in [-0.15, -0.1) is 0 Å². The van der Waals surface area contributed by atoms with E-state index in [-0.39, 0.29) is 17.3 Å². The van der Waals surface area contributed by atoms with Crippen molar-refractivity contribution in [3.8, 4) is 0 Å². The Kier molecular flexibility index (Phi) is 7.40. The highest BCUT2D eigenvalue weighted by Gasteiger charge is 2.28. The second-order valence-corrected chi connectivity index (χ2v) is 8.70. The number of nitrogens with zero attached hydrogens (tertiary/aromatic N) is 3. The summed E-state index contributed by atoms with van der Waals surface area (Å²) in [6, 6.07) is 2.86. The molecule has 146 valence electrons. The van der Waals surface area contributed by atoms with Crippen molar-refractivity contribution >= 4 is 15.9 Å². The van der Waals surface area contributed by atoms with Gasteiger partial charge >= 0.3 is 0 Å². The van der Waals surface area contributed by atoms with Crippen LogP contribution in [-0.4, -0.2) is 54.8 Å². The summed E-state index contributed by atoms with van der Waals surface area (Å²) in [6.45, 7) is 3.39. The normalized spacial score (nSPS) is 16.2. The molecule has 0 atom stereocenters. The Hall–Kier alpha value is -1.67. The molecule has 2 heterocycles. The molecular formula is C18H29N3O4S. The molecule has 2 rings (SSSR count). The quantitative estimate of drug-likeness (QED) is 0.717. The van der Waals surface area contributed by atoms with E-state index in [9.17, 15) is 18.0 Å². The van der Waals surface area contributed by atoms with Crippen molar-refractivity contribution in [2.24, 2.45) is 0 Å². The summed E-state index contributed by atoms with van der Waals surface area (Å²) in [5, 5.41) is 0. The van der Waals surface area contributed by atoms with Crippen LogP contribution in [0, 0.1) is 0 Å². The Morgan fingerprint density at radius 2 is 1.85 bits per heavy atom. The first-order valence-corrected chi connectivity index (χ1v) is 10.8.